The molecule has 0 saturated heterocycles. The highest BCUT2D eigenvalue weighted by Gasteiger charge is 2.38. The second-order valence-corrected chi connectivity index (χ2v) is 10.2. The van der Waals surface area contributed by atoms with Gasteiger partial charge in [-0.05, 0) is 56.9 Å². The molecule has 1 aliphatic heterocycles. The van der Waals surface area contributed by atoms with E-state index in [1.807, 2.05) is 69.3 Å². The van der Waals surface area contributed by atoms with Gasteiger partial charge in [0.2, 0.25) is 11.8 Å². The minimum atomic E-state index is -0.779. The zero-order valence-electron chi connectivity index (χ0n) is 20.8. The van der Waals surface area contributed by atoms with Crippen molar-refractivity contribution >= 4 is 23.6 Å². The quantitative estimate of drug-likeness (QED) is 0.684. The fraction of sp³-hybridized carbons (Fsp3) is 0.444. The largest absolute Gasteiger partial charge is 0.444 e. The molecule has 3 amide bonds. The summed E-state index contributed by atoms with van der Waals surface area (Å²) >= 11 is 0. The summed E-state index contributed by atoms with van der Waals surface area (Å²) in [7, 11) is 0. The number of hydrogen-bond acceptors (Lipinski definition) is 4. The number of carbonyl (C=O) groups excluding carboxylic acids is 3. The van der Waals surface area contributed by atoms with E-state index in [9.17, 15) is 14.4 Å². The Balaban J connectivity index is 1.80. The van der Waals surface area contributed by atoms with Crippen molar-refractivity contribution in [2.24, 2.45) is 5.92 Å². The van der Waals surface area contributed by atoms with Crippen LogP contribution in [-0.4, -0.2) is 40.5 Å². The second-order valence-electron chi connectivity index (χ2n) is 10.2. The van der Waals surface area contributed by atoms with Gasteiger partial charge in [-0.15, -0.1) is 0 Å². The topological polar surface area (TPSA) is 87.7 Å². The highest BCUT2D eigenvalue weighted by molar-refractivity contribution is 5.98. The smallest absolute Gasteiger partial charge is 0.411 e. The first kappa shape index (κ1) is 25.3. The summed E-state index contributed by atoms with van der Waals surface area (Å²) in [5.74, 6) is -0.828. The van der Waals surface area contributed by atoms with Crippen molar-refractivity contribution in [3.63, 3.8) is 0 Å². The number of anilines is 1. The Labute approximate surface area is 201 Å². The Morgan fingerprint density at radius 2 is 1.62 bits per heavy atom. The number of rotatable bonds is 5. The molecule has 2 N–H and O–H groups in total. The molecule has 7 nitrogen and oxygen atoms in total. The molecule has 34 heavy (non-hydrogen) atoms. The van der Waals surface area contributed by atoms with E-state index in [-0.39, 0.29) is 24.3 Å². The summed E-state index contributed by atoms with van der Waals surface area (Å²) < 4.78 is 5.59. The summed E-state index contributed by atoms with van der Waals surface area (Å²) in [5.41, 5.74) is 3.05. The summed E-state index contributed by atoms with van der Waals surface area (Å²) in [5, 5.41) is 5.78. The van der Waals surface area contributed by atoms with Gasteiger partial charge in [-0.3, -0.25) is 14.5 Å². The van der Waals surface area contributed by atoms with Crippen LogP contribution >= 0.6 is 0 Å². The van der Waals surface area contributed by atoms with Gasteiger partial charge in [-0.2, -0.15) is 0 Å². The van der Waals surface area contributed by atoms with E-state index in [4.69, 9.17) is 4.74 Å². The number of hydrogen-bond donors (Lipinski definition) is 2. The van der Waals surface area contributed by atoms with E-state index in [1.54, 1.807) is 20.8 Å². The van der Waals surface area contributed by atoms with Gasteiger partial charge in [-0.1, -0.05) is 55.8 Å². The molecule has 0 fully saturated rings. The highest BCUT2D eigenvalue weighted by atomic mass is 16.6. The Morgan fingerprint density at radius 3 is 2.21 bits per heavy atom. The van der Waals surface area contributed by atoms with Crippen LogP contribution < -0.4 is 10.6 Å². The van der Waals surface area contributed by atoms with Crippen molar-refractivity contribution in [1.29, 1.82) is 0 Å². The Kier molecular flexibility index (Phi) is 7.64. The van der Waals surface area contributed by atoms with E-state index in [0.29, 0.717) is 12.1 Å². The number of fused-ring (bicyclic) bond motifs is 1. The average molecular weight is 466 g/mol. The Bertz CT molecular complexity index is 1040. The van der Waals surface area contributed by atoms with Crippen LogP contribution in [0.15, 0.2) is 48.5 Å². The van der Waals surface area contributed by atoms with E-state index in [0.717, 1.165) is 16.7 Å². The molecule has 7 heteroatoms. The predicted octanol–water partition coefficient (Wildman–Crippen LogP) is 4.44. The van der Waals surface area contributed by atoms with Gasteiger partial charge in [0, 0.05) is 12.1 Å². The van der Waals surface area contributed by atoms with E-state index < -0.39 is 23.8 Å². The molecule has 0 spiro atoms. The number of ether oxygens (including phenoxy) is 1. The monoisotopic (exact) mass is 465 g/mol. The van der Waals surface area contributed by atoms with Crippen LogP contribution in [0, 0.1) is 12.8 Å². The maximum atomic E-state index is 13.5. The van der Waals surface area contributed by atoms with Crippen molar-refractivity contribution in [2.75, 3.05) is 5.32 Å². The fourth-order valence-corrected chi connectivity index (χ4v) is 3.91. The third-order valence-corrected chi connectivity index (χ3v) is 5.75. The highest BCUT2D eigenvalue weighted by Crippen LogP contribution is 2.26. The number of nitrogens with zero attached hydrogens (tertiary/aromatic N) is 1. The minimum Gasteiger partial charge on any atom is -0.444 e. The van der Waals surface area contributed by atoms with Gasteiger partial charge in [-0.25, -0.2) is 4.79 Å². The molecule has 1 aliphatic rings. The van der Waals surface area contributed by atoms with Crippen LogP contribution in [0.2, 0.25) is 0 Å². The zero-order valence-corrected chi connectivity index (χ0v) is 20.8. The molecule has 0 aromatic heterocycles. The normalized spacial score (nSPS) is 16.4. The number of benzene rings is 2. The predicted molar refractivity (Wildman–Crippen MR) is 132 cm³/mol. The minimum absolute atomic E-state index is 0.153. The lowest BCUT2D eigenvalue weighted by molar-refractivity contribution is -0.131. The van der Waals surface area contributed by atoms with Gasteiger partial charge in [0.15, 0.2) is 0 Å². The Hall–Kier alpha value is -3.35. The average Bonchev–Trinajstić information content (AvgIpc) is 2.76. The maximum Gasteiger partial charge on any atom is 0.411 e. The fourth-order valence-electron chi connectivity index (χ4n) is 3.91. The first-order valence-electron chi connectivity index (χ1n) is 11.7. The first-order valence-corrected chi connectivity index (χ1v) is 11.7. The van der Waals surface area contributed by atoms with Crippen molar-refractivity contribution in [3.05, 3.63) is 65.2 Å². The van der Waals surface area contributed by atoms with Gasteiger partial charge >= 0.3 is 6.09 Å². The standard InChI is InChI=1S/C27H35N3O4/c1-17(2)23(25(32)28-21-13-11-18(3)12-14-21)29-24(31)22-15-19-9-7-8-10-20(19)16-30(22)26(33)34-27(4,5)6/h7-14,17,22-23H,15-16H2,1-6H3,(H,28,32)(H,29,31). The summed E-state index contributed by atoms with van der Waals surface area (Å²) in [6.07, 6.45) is -0.196. The SMILES string of the molecule is Cc1ccc(NC(=O)C(NC(=O)C2Cc3ccccc3CN2C(=O)OC(C)(C)C)C(C)C)cc1. The lowest BCUT2D eigenvalue weighted by Crippen LogP contribution is -2.57. The molecule has 2 unspecified atom stereocenters. The van der Waals surface area contributed by atoms with E-state index in [1.165, 1.54) is 4.90 Å². The maximum absolute atomic E-state index is 13.5. The third-order valence-electron chi connectivity index (χ3n) is 5.75. The van der Waals surface area contributed by atoms with Gasteiger partial charge < -0.3 is 15.4 Å². The molecule has 2 aromatic rings. The molecule has 1 heterocycles. The van der Waals surface area contributed by atoms with Crippen LogP contribution in [0.5, 0.6) is 0 Å². The third kappa shape index (κ3) is 6.37. The van der Waals surface area contributed by atoms with Crippen molar-refractivity contribution in [3.8, 4) is 0 Å². The van der Waals surface area contributed by atoms with E-state index in [2.05, 4.69) is 10.6 Å². The molecule has 182 valence electrons. The Morgan fingerprint density at radius 1 is 1.00 bits per heavy atom. The lowest BCUT2D eigenvalue weighted by atomic mass is 9.93. The number of carbonyl (C=O) groups is 3. The van der Waals surface area contributed by atoms with Crippen LogP contribution in [0.4, 0.5) is 10.5 Å². The second kappa shape index (κ2) is 10.3. The van der Waals surface area contributed by atoms with Crippen molar-refractivity contribution < 1.29 is 19.1 Å². The molecular formula is C27H35N3O4. The first-order chi connectivity index (χ1) is 15.9. The molecule has 0 bridgehead atoms. The summed E-state index contributed by atoms with van der Waals surface area (Å²) in [6.45, 7) is 11.4. The number of nitrogens with one attached hydrogen (secondary N) is 2. The summed E-state index contributed by atoms with van der Waals surface area (Å²) in [4.78, 5) is 41.0. The van der Waals surface area contributed by atoms with Crippen LogP contribution in [0.1, 0.15) is 51.3 Å². The summed E-state index contributed by atoms with van der Waals surface area (Å²) in [6, 6.07) is 13.7. The molecule has 0 radical (unpaired) electrons. The molecule has 3 rings (SSSR count). The molecule has 2 atom stereocenters. The van der Waals surface area contributed by atoms with Gasteiger partial charge in [0.25, 0.3) is 0 Å². The number of amides is 3. The van der Waals surface area contributed by atoms with E-state index >= 15 is 0 Å². The van der Waals surface area contributed by atoms with Crippen LogP contribution in [-0.2, 0) is 27.3 Å². The lowest BCUT2D eigenvalue weighted by Gasteiger charge is -2.37. The zero-order chi connectivity index (χ0) is 25.0. The molecule has 2 aromatic carbocycles. The van der Waals surface area contributed by atoms with Crippen molar-refractivity contribution in [1.82, 2.24) is 10.2 Å². The molecular weight excluding hydrogens is 430 g/mol. The molecule has 0 aliphatic carbocycles. The van der Waals surface area contributed by atoms with Crippen molar-refractivity contribution in [2.45, 2.75) is 72.2 Å². The van der Waals surface area contributed by atoms with Gasteiger partial charge in [0.1, 0.15) is 17.7 Å². The van der Waals surface area contributed by atoms with Crippen LogP contribution in [0.25, 0.3) is 0 Å². The van der Waals surface area contributed by atoms with Gasteiger partial charge in [0.05, 0.1) is 6.54 Å². The molecule has 0 saturated carbocycles. The number of aryl methyl sites for hydroxylation is 1. The van der Waals surface area contributed by atoms with Crippen LogP contribution in [0.3, 0.4) is 0 Å².